The fourth-order valence-corrected chi connectivity index (χ4v) is 2.27. The Labute approximate surface area is 129 Å². The summed E-state index contributed by atoms with van der Waals surface area (Å²) in [5.74, 6) is 0.487. The molecule has 0 aliphatic carbocycles. The largest absolute Gasteiger partial charge is 0.307 e. The first-order chi connectivity index (χ1) is 10.0. The van der Waals surface area contributed by atoms with Gasteiger partial charge in [-0.2, -0.15) is 5.26 Å². The first-order valence-electron chi connectivity index (χ1n) is 6.93. The first kappa shape index (κ1) is 15.3. The van der Waals surface area contributed by atoms with Gasteiger partial charge in [0.25, 0.3) is 5.56 Å². The van der Waals surface area contributed by atoms with Crippen molar-refractivity contribution in [1.82, 2.24) is 4.57 Å². The van der Waals surface area contributed by atoms with Crippen LogP contribution in [0.2, 0.25) is 5.02 Å². The van der Waals surface area contributed by atoms with Gasteiger partial charge in [-0.3, -0.25) is 4.79 Å². The molecule has 2 aromatic rings. The van der Waals surface area contributed by atoms with Crippen molar-refractivity contribution in [2.45, 2.75) is 26.8 Å². The summed E-state index contributed by atoms with van der Waals surface area (Å²) >= 11 is 5.91. The van der Waals surface area contributed by atoms with E-state index in [2.05, 4.69) is 13.8 Å². The van der Waals surface area contributed by atoms with E-state index in [-0.39, 0.29) is 11.1 Å². The number of nitriles is 1. The molecule has 0 bridgehead atoms. The Bertz CT molecular complexity index is 724. The van der Waals surface area contributed by atoms with Gasteiger partial charge in [0, 0.05) is 11.6 Å². The number of pyridine rings is 1. The molecule has 0 unspecified atom stereocenters. The van der Waals surface area contributed by atoms with E-state index in [0.29, 0.717) is 17.5 Å². The Morgan fingerprint density at radius 3 is 2.43 bits per heavy atom. The number of aromatic nitrogens is 1. The van der Waals surface area contributed by atoms with Crippen molar-refractivity contribution in [3.8, 4) is 17.3 Å². The van der Waals surface area contributed by atoms with E-state index in [9.17, 15) is 4.79 Å². The fraction of sp³-hybridized carbons (Fsp3) is 0.294. The van der Waals surface area contributed by atoms with Crippen molar-refractivity contribution in [1.29, 1.82) is 5.26 Å². The second-order valence-corrected chi connectivity index (χ2v) is 5.83. The summed E-state index contributed by atoms with van der Waals surface area (Å²) in [5, 5.41) is 9.69. The number of hydrogen-bond acceptors (Lipinski definition) is 2. The standard InChI is InChI=1S/C17H17ClN2O/c1-12(2)9-10-20-16(8-5-14(11-19)17(20)21)13-3-6-15(18)7-4-13/h3-8,12H,9-10H2,1-2H3. The van der Waals surface area contributed by atoms with Gasteiger partial charge in [0.05, 0.1) is 5.69 Å². The molecule has 0 amide bonds. The minimum atomic E-state index is -0.231. The molecule has 0 spiro atoms. The van der Waals surface area contributed by atoms with E-state index < -0.39 is 0 Å². The maximum absolute atomic E-state index is 12.4. The predicted molar refractivity (Wildman–Crippen MR) is 85.3 cm³/mol. The first-order valence-corrected chi connectivity index (χ1v) is 7.30. The number of halogens is 1. The molecule has 0 fully saturated rings. The van der Waals surface area contributed by atoms with E-state index in [1.54, 1.807) is 22.8 Å². The van der Waals surface area contributed by atoms with Gasteiger partial charge in [-0.1, -0.05) is 37.6 Å². The smallest absolute Gasteiger partial charge is 0.268 e. The van der Waals surface area contributed by atoms with E-state index in [1.165, 1.54) is 0 Å². The molecule has 4 heteroatoms. The molecule has 1 aromatic heterocycles. The highest BCUT2D eigenvalue weighted by molar-refractivity contribution is 6.30. The van der Waals surface area contributed by atoms with Crippen molar-refractivity contribution >= 4 is 11.6 Å². The van der Waals surface area contributed by atoms with Crippen LogP contribution in [0.25, 0.3) is 11.3 Å². The van der Waals surface area contributed by atoms with Crippen molar-refractivity contribution < 1.29 is 0 Å². The van der Waals surface area contributed by atoms with Crippen molar-refractivity contribution in [2.75, 3.05) is 0 Å². The number of hydrogen-bond donors (Lipinski definition) is 0. The van der Waals surface area contributed by atoms with Gasteiger partial charge in [-0.25, -0.2) is 0 Å². The lowest BCUT2D eigenvalue weighted by molar-refractivity contribution is 0.510. The zero-order chi connectivity index (χ0) is 15.4. The van der Waals surface area contributed by atoms with Crippen LogP contribution in [0, 0.1) is 17.2 Å². The summed E-state index contributed by atoms with van der Waals surface area (Å²) in [7, 11) is 0. The fourth-order valence-electron chi connectivity index (χ4n) is 2.15. The SMILES string of the molecule is CC(C)CCn1c(-c2ccc(Cl)cc2)ccc(C#N)c1=O. The molecule has 2 rings (SSSR count). The number of rotatable bonds is 4. The Kier molecular flexibility index (Phi) is 4.82. The van der Waals surface area contributed by atoms with Crippen LogP contribution in [0.3, 0.4) is 0 Å². The Balaban J connectivity index is 2.54. The van der Waals surface area contributed by atoms with Crippen LogP contribution in [-0.4, -0.2) is 4.57 Å². The maximum atomic E-state index is 12.4. The van der Waals surface area contributed by atoms with Crippen LogP contribution >= 0.6 is 11.6 Å². The normalized spacial score (nSPS) is 10.6. The molecule has 0 radical (unpaired) electrons. The summed E-state index contributed by atoms with van der Waals surface area (Å²) in [6, 6.07) is 12.7. The lowest BCUT2D eigenvalue weighted by Gasteiger charge is -2.14. The van der Waals surface area contributed by atoms with Crippen LogP contribution in [0.4, 0.5) is 0 Å². The van der Waals surface area contributed by atoms with Crippen molar-refractivity contribution in [3.63, 3.8) is 0 Å². The highest BCUT2D eigenvalue weighted by Crippen LogP contribution is 2.21. The predicted octanol–water partition coefficient (Wildman–Crippen LogP) is 4.09. The molecule has 21 heavy (non-hydrogen) atoms. The van der Waals surface area contributed by atoms with Gasteiger partial charge >= 0.3 is 0 Å². The van der Waals surface area contributed by atoms with Gasteiger partial charge in [0.2, 0.25) is 0 Å². The molecule has 0 saturated heterocycles. The van der Waals surface area contributed by atoms with Gasteiger partial charge in [0.1, 0.15) is 11.6 Å². The zero-order valence-electron chi connectivity index (χ0n) is 12.1. The van der Waals surface area contributed by atoms with Crippen LogP contribution in [0.15, 0.2) is 41.2 Å². The zero-order valence-corrected chi connectivity index (χ0v) is 12.9. The molecule has 1 aromatic carbocycles. The average molecular weight is 301 g/mol. The minimum Gasteiger partial charge on any atom is -0.307 e. The second-order valence-electron chi connectivity index (χ2n) is 5.39. The van der Waals surface area contributed by atoms with E-state index in [1.807, 2.05) is 24.3 Å². The summed E-state index contributed by atoms with van der Waals surface area (Å²) in [4.78, 5) is 12.4. The third kappa shape index (κ3) is 3.53. The lowest BCUT2D eigenvalue weighted by atomic mass is 10.1. The van der Waals surface area contributed by atoms with Crippen molar-refractivity contribution in [2.24, 2.45) is 5.92 Å². The number of benzene rings is 1. The monoisotopic (exact) mass is 300 g/mol. The molecule has 0 atom stereocenters. The van der Waals surface area contributed by atoms with E-state index >= 15 is 0 Å². The maximum Gasteiger partial charge on any atom is 0.268 e. The summed E-state index contributed by atoms with van der Waals surface area (Å²) in [5.41, 5.74) is 1.68. The molecule has 1 heterocycles. The van der Waals surface area contributed by atoms with Gasteiger partial charge in [0.15, 0.2) is 0 Å². The molecular formula is C17H17ClN2O. The molecule has 0 aliphatic rings. The summed E-state index contributed by atoms with van der Waals surface area (Å²) in [6.07, 6.45) is 0.884. The topological polar surface area (TPSA) is 45.8 Å². The minimum absolute atomic E-state index is 0.177. The Hall–Kier alpha value is -2.05. The van der Waals surface area contributed by atoms with E-state index in [4.69, 9.17) is 16.9 Å². The van der Waals surface area contributed by atoms with Crippen LogP contribution in [0.5, 0.6) is 0 Å². The quantitative estimate of drug-likeness (QED) is 0.854. The van der Waals surface area contributed by atoms with Crippen LogP contribution in [0.1, 0.15) is 25.8 Å². The molecule has 0 N–H and O–H groups in total. The van der Waals surface area contributed by atoms with Crippen molar-refractivity contribution in [3.05, 3.63) is 57.3 Å². The Morgan fingerprint density at radius 2 is 1.86 bits per heavy atom. The highest BCUT2D eigenvalue weighted by Gasteiger charge is 2.11. The van der Waals surface area contributed by atoms with Crippen LogP contribution < -0.4 is 5.56 Å². The lowest BCUT2D eigenvalue weighted by Crippen LogP contribution is -2.24. The molecule has 0 aliphatic heterocycles. The highest BCUT2D eigenvalue weighted by atomic mass is 35.5. The molecule has 108 valence electrons. The second kappa shape index (κ2) is 6.60. The molecule has 0 saturated carbocycles. The van der Waals surface area contributed by atoms with Gasteiger partial charge in [-0.05, 0) is 42.2 Å². The third-order valence-electron chi connectivity index (χ3n) is 3.36. The summed E-state index contributed by atoms with van der Waals surface area (Å²) in [6.45, 7) is 4.83. The molecular weight excluding hydrogens is 284 g/mol. The Morgan fingerprint density at radius 1 is 1.19 bits per heavy atom. The average Bonchev–Trinajstić information content (AvgIpc) is 2.46. The number of nitrogens with zero attached hydrogens (tertiary/aromatic N) is 2. The summed E-state index contributed by atoms with van der Waals surface area (Å²) < 4.78 is 1.68. The third-order valence-corrected chi connectivity index (χ3v) is 3.62. The van der Waals surface area contributed by atoms with Gasteiger partial charge in [-0.15, -0.1) is 0 Å². The van der Waals surface area contributed by atoms with Crippen LogP contribution in [-0.2, 0) is 6.54 Å². The van der Waals surface area contributed by atoms with Gasteiger partial charge < -0.3 is 4.57 Å². The van der Waals surface area contributed by atoms with E-state index in [0.717, 1.165) is 17.7 Å². The molecule has 3 nitrogen and oxygen atoms in total.